The lowest BCUT2D eigenvalue weighted by molar-refractivity contribution is 0.0935. The Morgan fingerprint density at radius 2 is 1.72 bits per heavy atom. The molecular weight excluding hydrogens is 468 g/mol. The molecular formula is C21H20N4O4S3. The summed E-state index contributed by atoms with van der Waals surface area (Å²) in [6.45, 7) is 3.72. The van der Waals surface area contributed by atoms with Crippen LogP contribution in [0.25, 0.3) is 0 Å². The quantitative estimate of drug-likeness (QED) is 0.324. The minimum atomic E-state index is -3.91. The molecule has 3 rings (SSSR count). The van der Waals surface area contributed by atoms with Gasteiger partial charge in [-0.2, -0.15) is 0 Å². The third-order valence-corrected chi connectivity index (χ3v) is 6.73. The molecule has 0 radical (unpaired) electrons. The maximum absolute atomic E-state index is 12.8. The molecule has 11 heteroatoms. The normalized spacial score (nSPS) is 10.8. The molecule has 2 aromatic carbocycles. The number of benzene rings is 2. The van der Waals surface area contributed by atoms with Crippen LogP contribution in [0.3, 0.4) is 0 Å². The lowest BCUT2D eigenvalue weighted by Gasteiger charge is -2.13. The number of hydrogen-bond donors (Lipinski definition) is 4. The molecule has 0 spiro atoms. The van der Waals surface area contributed by atoms with Crippen LogP contribution in [0.1, 0.15) is 31.2 Å². The molecule has 4 N–H and O–H groups in total. The monoisotopic (exact) mass is 488 g/mol. The highest BCUT2D eigenvalue weighted by molar-refractivity contribution is 7.92. The number of rotatable bonds is 5. The van der Waals surface area contributed by atoms with Crippen molar-refractivity contribution in [3.8, 4) is 0 Å². The Morgan fingerprint density at radius 3 is 2.41 bits per heavy atom. The molecule has 0 unspecified atom stereocenters. The number of thiocarbonyl (C=S) groups is 1. The van der Waals surface area contributed by atoms with E-state index in [1.165, 1.54) is 35.6 Å². The smallest absolute Gasteiger partial charge is 0.269 e. The maximum atomic E-state index is 12.8. The van der Waals surface area contributed by atoms with E-state index in [2.05, 4.69) is 20.9 Å². The fourth-order valence-corrected chi connectivity index (χ4v) is 4.66. The molecule has 3 aromatic rings. The van der Waals surface area contributed by atoms with Gasteiger partial charge >= 0.3 is 0 Å². The average molecular weight is 489 g/mol. The van der Waals surface area contributed by atoms with Crippen LogP contribution in [-0.2, 0) is 10.0 Å². The van der Waals surface area contributed by atoms with Crippen LogP contribution in [-0.4, -0.2) is 25.3 Å². The molecule has 0 aliphatic rings. The fraction of sp³-hybridized carbons (Fsp3) is 0.0952. The van der Waals surface area contributed by atoms with E-state index in [4.69, 9.17) is 12.2 Å². The lowest BCUT2D eigenvalue weighted by Crippen LogP contribution is -2.48. The van der Waals surface area contributed by atoms with Gasteiger partial charge in [-0.3, -0.25) is 30.5 Å². The van der Waals surface area contributed by atoms with E-state index in [9.17, 15) is 18.0 Å². The highest BCUT2D eigenvalue weighted by atomic mass is 32.2. The van der Waals surface area contributed by atoms with Crippen LogP contribution >= 0.6 is 23.6 Å². The number of hydrazine groups is 1. The van der Waals surface area contributed by atoms with Crippen LogP contribution in [0.15, 0.2) is 64.9 Å². The fourth-order valence-electron chi connectivity index (χ4n) is 2.73. The Kier molecular flexibility index (Phi) is 7.23. The Bertz CT molecular complexity index is 1270. The van der Waals surface area contributed by atoms with E-state index in [-0.39, 0.29) is 15.6 Å². The van der Waals surface area contributed by atoms with Crippen molar-refractivity contribution >= 4 is 56.2 Å². The van der Waals surface area contributed by atoms with Gasteiger partial charge in [-0.25, -0.2) is 8.42 Å². The van der Waals surface area contributed by atoms with Crippen molar-refractivity contribution in [1.29, 1.82) is 0 Å². The Labute approximate surface area is 195 Å². The number of nitrogens with one attached hydrogen (secondary N) is 4. The van der Waals surface area contributed by atoms with Crippen LogP contribution in [0.5, 0.6) is 0 Å². The molecule has 8 nitrogen and oxygen atoms in total. The summed E-state index contributed by atoms with van der Waals surface area (Å²) in [5, 5.41) is 4.09. The standard InChI is InChI=1S/C21H20N4O4S3/c1-13-8-9-17(14(2)11-13)25-32(28,29)16-6-3-5-15(12-16)19(26)23-24-21(30)22-20(27)18-7-4-10-31-18/h3-12,25H,1-2H3,(H,23,26)(H2,22,24,27,30). The molecule has 32 heavy (non-hydrogen) atoms. The topological polar surface area (TPSA) is 116 Å². The Balaban J connectivity index is 1.64. The molecule has 0 fully saturated rings. The SMILES string of the molecule is Cc1ccc(NS(=O)(=O)c2cccc(C(=O)NNC(=S)NC(=O)c3cccs3)c2)c(C)c1. The van der Waals surface area contributed by atoms with Gasteiger partial charge in [-0.1, -0.05) is 29.8 Å². The average Bonchev–Trinajstić information content (AvgIpc) is 3.29. The van der Waals surface area contributed by atoms with Crippen LogP contribution in [0, 0.1) is 13.8 Å². The third-order valence-electron chi connectivity index (χ3n) is 4.29. The van der Waals surface area contributed by atoms with Gasteiger partial charge in [-0.15, -0.1) is 11.3 Å². The molecule has 0 aliphatic heterocycles. The Hall–Kier alpha value is -3.28. The summed E-state index contributed by atoms with van der Waals surface area (Å²) in [6, 6.07) is 14.3. The van der Waals surface area contributed by atoms with Crippen molar-refractivity contribution < 1.29 is 18.0 Å². The van der Waals surface area contributed by atoms with E-state index in [1.54, 1.807) is 36.6 Å². The minimum absolute atomic E-state index is 0.0706. The van der Waals surface area contributed by atoms with Crippen molar-refractivity contribution in [2.45, 2.75) is 18.7 Å². The van der Waals surface area contributed by atoms with E-state index in [1.807, 2.05) is 13.0 Å². The highest BCUT2D eigenvalue weighted by Crippen LogP contribution is 2.21. The van der Waals surface area contributed by atoms with Crippen molar-refractivity contribution in [1.82, 2.24) is 16.2 Å². The number of hydrogen-bond acceptors (Lipinski definition) is 6. The molecule has 0 saturated heterocycles. The summed E-state index contributed by atoms with van der Waals surface area (Å²) < 4.78 is 28.1. The first-order valence-electron chi connectivity index (χ1n) is 9.31. The van der Waals surface area contributed by atoms with Crippen molar-refractivity contribution in [2.75, 3.05) is 4.72 Å². The van der Waals surface area contributed by atoms with E-state index in [0.717, 1.165) is 11.1 Å². The maximum Gasteiger partial charge on any atom is 0.269 e. The molecule has 166 valence electrons. The second-order valence-corrected chi connectivity index (χ2v) is 9.83. The van der Waals surface area contributed by atoms with Crippen molar-refractivity contribution in [2.24, 2.45) is 0 Å². The predicted octanol–water partition coefficient (Wildman–Crippen LogP) is 3.12. The zero-order valence-electron chi connectivity index (χ0n) is 17.1. The lowest BCUT2D eigenvalue weighted by atomic mass is 10.1. The van der Waals surface area contributed by atoms with E-state index in [0.29, 0.717) is 10.6 Å². The van der Waals surface area contributed by atoms with Gasteiger partial charge in [0.2, 0.25) is 0 Å². The van der Waals surface area contributed by atoms with Crippen LogP contribution in [0.2, 0.25) is 0 Å². The number of thiophene rings is 1. The van der Waals surface area contributed by atoms with E-state index < -0.39 is 21.8 Å². The summed E-state index contributed by atoms with van der Waals surface area (Å²) in [6.07, 6.45) is 0. The summed E-state index contributed by atoms with van der Waals surface area (Å²) in [4.78, 5) is 24.8. The molecule has 1 heterocycles. The number of aryl methyl sites for hydroxylation is 2. The summed E-state index contributed by atoms with van der Waals surface area (Å²) >= 11 is 6.24. The minimum Gasteiger partial charge on any atom is -0.297 e. The largest absolute Gasteiger partial charge is 0.297 e. The molecule has 0 atom stereocenters. The first-order chi connectivity index (χ1) is 15.2. The zero-order chi connectivity index (χ0) is 23.3. The van der Waals surface area contributed by atoms with Gasteiger partial charge in [-0.05, 0) is 67.3 Å². The van der Waals surface area contributed by atoms with Crippen LogP contribution < -0.4 is 20.9 Å². The second kappa shape index (κ2) is 9.90. The van der Waals surface area contributed by atoms with E-state index >= 15 is 0 Å². The number of carbonyl (C=O) groups excluding carboxylic acids is 2. The number of sulfonamides is 1. The van der Waals surface area contributed by atoms with Gasteiger partial charge in [0.25, 0.3) is 21.8 Å². The van der Waals surface area contributed by atoms with Crippen LogP contribution in [0.4, 0.5) is 5.69 Å². The summed E-state index contributed by atoms with van der Waals surface area (Å²) in [7, 11) is -3.91. The molecule has 0 aliphatic carbocycles. The van der Waals surface area contributed by atoms with Gasteiger partial charge in [0.05, 0.1) is 15.5 Å². The van der Waals surface area contributed by atoms with Gasteiger partial charge in [0, 0.05) is 5.56 Å². The summed E-state index contributed by atoms with van der Waals surface area (Å²) in [5.74, 6) is -1.03. The zero-order valence-corrected chi connectivity index (χ0v) is 19.6. The van der Waals surface area contributed by atoms with Gasteiger partial charge < -0.3 is 0 Å². The molecule has 0 bridgehead atoms. The Morgan fingerprint density at radius 1 is 0.938 bits per heavy atom. The molecule has 1 aromatic heterocycles. The van der Waals surface area contributed by atoms with Gasteiger partial charge in [0.15, 0.2) is 5.11 Å². The van der Waals surface area contributed by atoms with Crippen molar-refractivity contribution in [3.05, 3.63) is 81.5 Å². The number of amides is 2. The first kappa shape index (κ1) is 23.4. The summed E-state index contributed by atoms with van der Waals surface area (Å²) in [5.41, 5.74) is 7.11. The highest BCUT2D eigenvalue weighted by Gasteiger charge is 2.18. The first-order valence-corrected chi connectivity index (χ1v) is 12.1. The third kappa shape index (κ3) is 5.90. The molecule has 2 amide bonds. The second-order valence-electron chi connectivity index (χ2n) is 6.79. The number of anilines is 1. The van der Waals surface area contributed by atoms with Gasteiger partial charge in [0.1, 0.15) is 0 Å². The predicted molar refractivity (Wildman–Crippen MR) is 128 cm³/mol. The van der Waals surface area contributed by atoms with Crippen molar-refractivity contribution in [3.63, 3.8) is 0 Å². The number of carbonyl (C=O) groups is 2. The molecule has 0 saturated carbocycles.